The van der Waals surface area contributed by atoms with Gasteiger partial charge < -0.3 is 10.1 Å². The Morgan fingerprint density at radius 2 is 1.94 bits per heavy atom. The lowest BCUT2D eigenvalue weighted by atomic mass is 10.1. The highest BCUT2D eigenvalue weighted by molar-refractivity contribution is 6.31. The quantitative estimate of drug-likeness (QED) is 0.257. The Hall–Kier alpha value is -4.12. The van der Waals surface area contributed by atoms with Crippen LogP contribution in [0.1, 0.15) is 10.4 Å². The number of nitro groups is 1. The van der Waals surface area contributed by atoms with E-state index in [0.717, 1.165) is 0 Å². The van der Waals surface area contributed by atoms with Gasteiger partial charge in [-0.3, -0.25) is 14.9 Å². The van der Waals surface area contributed by atoms with E-state index in [-0.39, 0.29) is 41.1 Å². The van der Waals surface area contributed by atoms with E-state index in [4.69, 9.17) is 16.3 Å². The molecule has 0 fully saturated rings. The first-order valence-electron chi connectivity index (χ1n) is 9.26. The number of rotatable bonds is 7. The number of hydrogen-bond acceptors (Lipinski definition) is 7. The average Bonchev–Trinajstić information content (AvgIpc) is 3.20. The molecule has 1 amide bonds. The summed E-state index contributed by atoms with van der Waals surface area (Å²) in [4.78, 5) is 22.8. The van der Waals surface area contributed by atoms with Gasteiger partial charge in [-0.2, -0.15) is 4.52 Å². The van der Waals surface area contributed by atoms with Gasteiger partial charge in [-0.1, -0.05) is 11.6 Å². The first-order chi connectivity index (χ1) is 15.4. The van der Waals surface area contributed by atoms with Crippen LogP contribution in [0.15, 0.2) is 54.6 Å². The molecule has 32 heavy (non-hydrogen) atoms. The number of carbonyl (C=O) groups is 1. The first-order valence-corrected chi connectivity index (χ1v) is 9.63. The van der Waals surface area contributed by atoms with E-state index in [2.05, 4.69) is 20.6 Å². The van der Waals surface area contributed by atoms with E-state index in [1.165, 1.54) is 34.8 Å². The molecule has 162 valence electrons. The van der Waals surface area contributed by atoms with Crippen molar-refractivity contribution in [2.75, 3.05) is 13.2 Å². The molecular formula is C20H14ClFN6O4. The van der Waals surface area contributed by atoms with Crippen molar-refractivity contribution < 1.29 is 18.8 Å². The van der Waals surface area contributed by atoms with Crippen molar-refractivity contribution in [3.05, 3.63) is 81.1 Å². The van der Waals surface area contributed by atoms with Crippen molar-refractivity contribution in [2.45, 2.75) is 0 Å². The molecule has 1 N–H and O–H groups in total. The number of fused-ring (bicyclic) bond motifs is 1. The van der Waals surface area contributed by atoms with Gasteiger partial charge in [-0.05, 0) is 42.5 Å². The summed E-state index contributed by atoms with van der Waals surface area (Å²) in [7, 11) is 0. The molecule has 10 nitrogen and oxygen atoms in total. The number of hydrogen-bond donors (Lipinski definition) is 1. The molecule has 0 atom stereocenters. The molecule has 0 spiro atoms. The SMILES string of the molecule is O=C(NCCOc1ccc2nnc(-c3ccc(F)cc3)n2n1)c1cc(Cl)ccc1[N+](=O)[O-]. The Kier molecular flexibility index (Phi) is 5.90. The molecule has 4 aromatic rings. The second-order valence-corrected chi connectivity index (χ2v) is 6.93. The molecule has 0 aliphatic rings. The van der Waals surface area contributed by atoms with Gasteiger partial charge in [-0.25, -0.2) is 4.39 Å². The monoisotopic (exact) mass is 456 g/mol. The van der Waals surface area contributed by atoms with Crippen LogP contribution >= 0.6 is 11.6 Å². The van der Waals surface area contributed by atoms with Crippen LogP contribution < -0.4 is 10.1 Å². The van der Waals surface area contributed by atoms with Gasteiger partial charge in [0.05, 0.1) is 11.5 Å². The molecule has 2 aromatic heterocycles. The molecule has 2 heterocycles. The summed E-state index contributed by atoms with van der Waals surface area (Å²) < 4.78 is 20.2. The molecule has 0 saturated carbocycles. The topological polar surface area (TPSA) is 125 Å². The Labute approximate surface area is 184 Å². The molecule has 0 saturated heterocycles. The number of benzene rings is 2. The summed E-state index contributed by atoms with van der Waals surface area (Å²) in [6.45, 7) is 0.113. The minimum Gasteiger partial charge on any atom is -0.475 e. The van der Waals surface area contributed by atoms with Gasteiger partial charge in [0.25, 0.3) is 11.6 Å². The lowest BCUT2D eigenvalue weighted by Crippen LogP contribution is -2.28. The van der Waals surface area contributed by atoms with Gasteiger partial charge in [0.1, 0.15) is 18.0 Å². The standard InChI is InChI=1S/C20H14ClFN6O4/c21-13-3-6-16(28(30)31)15(11-13)20(29)23-9-10-32-18-8-7-17-24-25-19(27(17)26-18)12-1-4-14(22)5-2-12/h1-8,11H,9-10H2,(H,23,29). The van der Waals surface area contributed by atoms with Crippen molar-refractivity contribution in [2.24, 2.45) is 0 Å². The summed E-state index contributed by atoms with van der Waals surface area (Å²) in [5.74, 6) is -0.371. The van der Waals surface area contributed by atoms with Gasteiger partial charge in [0, 0.05) is 22.7 Å². The highest BCUT2D eigenvalue weighted by atomic mass is 35.5. The zero-order valence-electron chi connectivity index (χ0n) is 16.2. The lowest BCUT2D eigenvalue weighted by molar-refractivity contribution is -0.385. The fraction of sp³-hybridized carbons (Fsp3) is 0.100. The molecular weight excluding hydrogens is 443 g/mol. The van der Waals surface area contributed by atoms with Crippen LogP contribution in [0.2, 0.25) is 5.02 Å². The first kappa shape index (κ1) is 21.1. The Balaban J connectivity index is 1.41. The summed E-state index contributed by atoms with van der Waals surface area (Å²) in [6, 6.07) is 12.7. The predicted octanol–water partition coefficient (Wildman–Crippen LogP) is 3.30. The number of aromatic nitrogens is 4. The Morgan fingerprint density at radius 1 is 1.16 bits per heavy atom. The third-order valence-electron chi connectivity index (χ3n) is 4.38. The maximum absolute atomic E-state index is 13.2. The van der Waals surface area contributed by atoms with Crippen molar-refractivity contribution in [1.82, 2.24) is 25.1 Å². The molecule has 4 rings (SSSR count). The van der Waals surface area contributed by atoms with Crippen molar-refractivity contribution in [3.8, 4) is 17.3 Å². The van der Waals surface area contributed by atoms with Crippen LogP contribution in [0.4, 0.5) is 10.1 Å². The zero-order chi connectivity index (χ0) is 22.7. The number of nitrogens with zero attached hydrogens (tertiary/aromatic N) is 5. The van der Waals surface area contributed by atoms with Crippen LogP contribution in [-0.4, -0.2) is 43.8 Å². The second kappa shape index (κ2) is 8.94. The maximum atomic E-state index is 13.2. The molecule has 0 radical (unpaired) electrons. The molecule has 0 aliphatic heterocycles. The van der Waals surface area contributed by atoms with Gasteiger partial charge in [-0.15, -0.1) is 15.3 Å². The van der Waals surface area contributed by atoms with Crippen LogP contribution in [0.25, 0.3) is 17.0 Å². The van der Waals surface area contributed by atoms with Crippen molar-refractivity contribution >= 4 is 28.8 Å². The van der Waals surface area contributed by atoms with E-state index >= 15 is 0 Å². The summed E-state index contributed by atoms with van der Waals surface area (Å²) in [5, 5.41) is 26.3. The molecule has 12 heteroatoms. The zero-order valence-corrected chi connectivity index (χ0v) is 17.0. The van der Waals surface area contributed by atoms with Crippen LogP contribution in [0, 0.1) is 15.9 Å². The van der Waals surface area contributed by atoms with E-state index in [1.54, 1.807) is 24.3 Å². The molecule has 0 aliphatic carbocycles. The smallest absolute Gasteiger partial charge is 0.282 e. The number of carbonyl (C=O) groups excluding carboxylic acids is 1. The highest BCUT2D eigenvalue weighted by Gasteiger charge is 2.20. The normalized spacial score (nSPS) is 10.8. The summed E-state index contributed by atoms with van der Waals surface area (Å²) in [5.41, 5.74) is 0.605. The molecule has 0 bridgehead atoms. The number of nitrogens with one attached hydrogen (secondary N) is 1. The minimum absolute atomic E-state index is 0.0482. The van der Waals surface area contributed by atoms with Crippen LogP contribution in [0.5, 0.6) is 5.88 Å². The van der Waals surface area contributed by atoms with E-state index < -0.39 is 10.8 Å². The fourth-order valence-electron chi connectivity index (χ4n) is 2.89. The number of nitro benzene ring substituents is 1. The number of ether oxygens (including phenoxy) is 1. The Bertz CT molecular complexity index is 1310. The van der Waals surface area contributed by atoms with Gasteiger partial charge in [0.15, 0.2) is 11.5 Å². The van der Waals surface area contributed by atoms with Crippen LogP contribution in [0.3, 0.4) is 0 Å². The largest absolute Gasteiger partial charge is 0.475 e. The third kappa shape index (κ3) is 4.47. The predicted molar refractivity (Wildman–Crippen MR) is 112 cm³/mol. The van der Waals surface area contributed by atoms with Gasteiger partial charge in [0.2, 0.25) is 5.88 Å². The van der Waals surface area contributed by atoms with Crippen molar-refractivity contribution in [1.29, 1.82) is 0 Å². The lowest BCUT2D eigenvalue weighted by Gasteiger charge is -2.08. The second-order valence-electron chi connectivity index (χ2n) is 6.50. The molecule has 0 unspecified atom stereocenters. The fourth-order valence-corrected chi connectivity index (χ4v) is 3.06. The van der Waals surface area contributed by atoms with Crippen molar-refractivity contribution in [3.63, 3.8) is 0 Å². The van der Waals surface area contributed by atoms with E-state index in [1.807, 2.05) is 0 Å². The third-order valence-corrected chi connectivity index (χ3v) is 4.61. The summed E-state index contributed by atoms with van der Waals surface area (Å²) >= 11 is 5.84. The van der Waals surface area contributed by atoms with Crippen LogP contribution in [-0.2, 0) is 0 Å². The number of halogens is 2. The highest BCUT2D eigenvalue weighted by Crippen LogP contribution is 2.23. The summed E-state index contributed by atoms with van der Waals surface area (Å²) in [6.07, 6.45) is 0. The maximum Gasteiger partial charge on any atom is 0.282 e. The Morgan fingerprint density at radius 3 is 2.69 bits per heavy atom. The van der Waals surface area contributed by atoms with E-state index in [0.29, 0.717) is 17.0 Å². The minimum atomic E-state index is -0.654. The van der Waals surface area contributed by atoms with E-state index in [9.17, 15) is 19.3 Å². The average molecular weight is 457 g/mol. The van der Waals surface area contributed by atoms with Gasteiger partial charge >= 0.3 is 0 Å². The number of amides is 1. The molecule has 2 aromatic carbocycles.